The molecule has 0 aliphatic rings. The molecule has 12 atom stereocenters. The monoisotopic (exact) mass is 1560 g/mol. The number of nitrogens with two attached hydrogens (primary N) is 4. The molecule has 0 unspecified atom stereocenters. The molecule has 6 rings (SSSR count). The number of hydrogen-bond donors (Lipinski definition) is 19. The molecule has 2 aromatic heterocycles. The summed E-state index contributed by atoms with van der Waals surface area (Å²) in [6.07, 6.45) is 2.97. The maximum absolute atomic E-state index is 15.0. The molecule has 0 bridgehead atoms. The highest BCUT2D eigenvalue weighted by atomic mass is 16.3. The molecule has 2 heterocycles. The van der Waals surface area contributed by atoms with Gasteiger partial charge in [0.1, 0.15) is 66.5 Å². The number of carbonyl (C=O) groups is 14. The normalized spacial score (nSPS) is 14.6. The molecule has 4 aromatic carbocycles. The smallest absolute Gasteiger partial charge is 0.245 e. The van der Waals surface area contributed by atoms with Gasteiger partial charge in [-0.05, 0) is 110 Å². The third kappa shape index (κ3) is 28.6. The summed E-state index contributed by atoms with van der Waals surface area (Å²) in [7, 11) is 0. The maximum Gasteiger partial charge on any atom is 0.245 e. The van der Waals surface area contributed by atoms with Gasteiger partial charge in [-0.1, -0.05) is 152 Å². The Morgan fingerprint density at radius 1 is 0.398 bits per heavy atom. The molecule has 14 amide bonds. The van der Waals surface area contributed by atoms with Crippen LogP contribution in [0.4, 0.5) is 0 Å². The molecule has 113 heavy (non-hydrogen) atoms. The second-order valence-corrected chi connectivity index (χ2v) is 29.9. The van der Waals surface area contributed by atoms with Crippen molar-refractivity contribution in [2.24, 2.45) is 46.6 Å². The lowest BCUT2D eigenvalue weighted by Gasteiger charge is -2.29. The SMILES string of the molecule is CC(C)C[C@H](NC(=O)[C@H](C)NC(=O)CNC(=O)[C@H](CC(C)C)NC(=O)[C@@H](N)Cc1ccccc1)C(=O)N[C@@H](Cc1c[nH]c2ccccc12)C(=O)N[C@@H](CC(N)=O)C(=O)N[C@H](C(=O)N[C@@H](Cc1c[nH]c2ccccc12)C(=O)N[C@@H](CCCCN)C(=O)N[C@@H](CO)C(=O)N[C@H](C(=O)N[C@@H](Cc1ccccc1)C(N)=O)C(C)C)C(C)C. The van der Waals surface area contributed by atoms with Gasteiger partial charge in [0.2, 0.25) is 82.7 Å². The van der Waals surface area contributed by atoms with Crippen molar-refractivity contribution < 1.29 is 72.2 Å². The van der Waals surface area contributed by atoms with Crippen LogP contribution < -0.4 is 86.7 Å². The molecule has 0 aliphatic carbocycles. The number of aliphatic hydroxyl groups is 1. The molecule has 0 aliphatic heterocycles. The van der Waals surface area contributed by atoms with E-state index in [0.29, 0.717) is 44.9 Å². The van der Waals surface area contributed by atoms with Crippen LogP contribution in [0.15, 0.2) is 122 Å². The van der Waals surface area contributed by atoms with E-state index in [1.807, 2.05) is 44.2 Å². The lowest BCUT2D eigenvalue weighted by Crippen LogP contribution is -2.62. The maximum atomic E-state index is 15.0. The molecule has 33 nitrogen and oxygen atoms in total. The second kappa shape index (κ2) is 44.5. The van der Waals surface area contributed by atoms with E-state index in [1.54, 1.807) is 133 Å². The Morgan fingerprint density at radius 3 is 1.27 bits per heavy atom. The highest BCUT2D eigenvalue weighted by Gasteiger charge is 2.38. The Balaban J connectivity index is 1.19. The van der Waals surface area contributed by atoms with E-state index >= 15 is 0 Å². The highest BCUT2D eigenvalue weighted by molar-refractivity contribution is 6.01. The topological polar surface area (TPSA) is 539 Å². The zero-order chi connectivity index (χ0) is 83.2. The van der Waals surface area contributed by atoms with Crippen LogP contribution in [0.3, 0.4) is 0 Å². The van der Waals surface area contributed by atoms with Crippen LogP contribution >= 0.6 is 0 Å². The first kappa shape index (κ1) is 90.3. The molecule has 0 saturated heterocycles. The van der Waals surface area contributed by atoms with Crippen molar-refractivity contribution in [3.63, 3.8) is 0 Å². The van der Waals surface area contributed by atoms with Crippen molar-refractivity contribution in [3.8, 4) is 0 Å². The summed E-state index contributed by atoms with van der Waals surface area (Å²) in [4.78, 5) is 202. The number of H-pyrrole nitrogens is 2. The predicted molar refractivity (Wildman–Crippen MR) is 424 cm³/mol. The van der Waals surface area contributed by atoms with E-state index in [0.717, 1.165) is 5.56 Å². The second-order valence-electron chi connectivity index (χ2n) is 29.9. The van der Waals surface area contributed by atoms with Gasteiger partial charge in [0.15, 0.2) is 0 Å². The summed E-state index contributed by atoms with van der Waals surface area (Å²) in [6, 6.07) is 15.3. The van der Waals surface area contributed by atoms with Crippen molar-refractivity contribution in [2.75, 3.05) is 19.7 Å². The average Bonchev–Trinajstić information content (AvgIpc) is 1.72. The van der Waals surface area contributed by atoms with Crippen LogP contribution in [0.1, 0.15) is 123 Å². The van der Waals surface area contributed by atoms with Gasteiger partial charge in [-0.25, -0.2) is 0 Å². The Labute approximate surface area is 656 Å². The third-order valence-corrected chi connectivity index (χ3v) is 18.8. The number of carbonyl (C=O) groups excluding carboxylic acids is 14. The van der Waals surface area contributed by atoms with Crippen molar-refractivity contribution in [1.29, 1.82) is 0 Å². The van der Waals surface area contributed by atoms with Gasteiger partial charge < -0.3 is 102 Å². The minimum Gasteiger partial charge on any atom is -0.394 e. The van der Waals surface area contributed by atoms with Crippen molar-refractivity contribution >= 4 is 105 Å². The number of para-hydroxylation sites is 2. The minimum atomic E-state index is -1.82. The van der Waals surface area contributed by atoms with Crippen molar-refractivity contribution in [3.05, 3.63) is 144 Å². The number of unbranched alkanes of at least 4 members (excludes halogenated alkanes) is 1. The number of aromatic nitrogens is 2. The van der Waals surface area contributed by atoms with Gasteiger partial charge in [0.05, 0.1) is 25.6 Å². The summed E-state index contributed by atoms with van der Waals surface area (Å²) in [5.41, 5.74) is 27.4. The lowest BCUT2D eigenvalue weighted by atomic mass is 9.99. The zero-order valence-electron chi connectivity index (χ0n) is 65.4. The molecule has 0 fully saturated rings. The van der Waals surface area contributed by atoms with Crippen LogP contribution in [0.2, 0.25) is 0 Å². The molecule has 0 radical (unpaired) electrons. The quantitative estimate of drug-likeness (QED) is 0.0216. The summed E-state index contributed by atoms with van der Waals surface area (Å²) in [5, 5.41) is 43.2. The van der Waals surface area contributed by atoms with Crippen LogP contribution in [-0.2, 0) is 92.8 Å². The van der Waals surface area contributed by atoms with E-state index in [1.165, 1.54) is 6.92 Å². The van der Waals surface area contributed by atoms with Crippen molar-refractivity contribution in [2.45, 2.75) is 199 Å². The number of primary amides is 2. The van der Waals surface area contributed by atoms with Gasteiger partial charge in [0.25, 0.3) is 0 Å². The molecule has 612 valence electrons. The first-order valence-electron chi connectivity index (χ1n) is 38.1. The molecule has 33 heteroatoms. The molecular weight excluding hydrogens is 1450 g/mol. The number of aromatic amines is 2. The van der Waals surface area contributed by atoms with Crippen LogP contribution in [-0.4, -0.2) is 190 Å². The summed E-state index contributed by atoms with van der Waals surface area (Å²) >= 11 is 0. The molecule has 0 saturated carbocycles. The Hall–Kier alpha value is -11.6. The van der Waals surface area contributed by atoms with E-state index in [-0.39, 0.29) is 69.7 Å². The Kier molecular flexibility index (Phi) is 35.5. The van der Waals surface area contributed by atoms with Crippen LogP contribution in [0.25, 0.3) is 21.8 Å². The summed E-state index contributed by atoms with van der Waals surface area (Å²) in [6.45, 7) is 13.6. The molecule has 23 N–H and O–H groups in total. The number of hydrogen-bond acceptors (Lipinski definition) is 17. The van der Waals surface area contributed by atoms with Gasteiger partial charge in [0, 0.05) is 53.5 Å². The number of rotatable bonds is 46. The van der Waals surface area contributed by atoms with E-state index in [4.69, 9.17) is 22.9 Å². The summed E-state index contributed by atoms with van der Waals surface area (Å²) < 4.78 is 0. The van der Waals surface area contributed by atoms with E-state index < -0.39 is 187 Å². The average molecular weight is 1570 g/mol. The van der Waals surface area contributed by atoms with E-state index in [2.05, 4.69) is 73.8 Å². The summed E-state index contributed by atoms with van der Waals surface area (Å²) in [5.74, 6) is -14.0. The molecular formula is C80H112N18O15. The Morgan fingerprint density at radius 2 is 0.796 bits per heavy atom. The zero-order valence-corrected chi connectivity index (χ0v) is 65.4. The first-order valence-corrected chi connectivity index (χ1v) is 38.1. The van der Waals surface area contributed by atoms with Crippen molar-refractivity contribution in [1.82, 2.24) is 73.8 Å². The number of amides is 14. The third-order valence-electron chi connectivity index (χ3n) is 18.8. The van der Waals surface area contributed by atoms with Crippen LogP contribution in [0.5, 0.6) is 0 Å². The Bertz CT molecular complexity index is 4240. The number of fused-ring (bicyclic) bond motifs is 2. The largest absolute Gasteiger partial charge is 0.394 e. The fourth-order valence-corrected chi connectivity index (χ4v) is 12.7. The van der Waals surface area contributed by atoms with E-state index in [9.17, 15) is 72.2 Å². The first-order chi connectivity index (χ1) is 53.7. The number of aliphatic hydroxyl groups excluding tert-OH is 1. The van der Waals surface area contributed by atoms with Gasteiger partial charge in [-0.3, -0.25) is 67.1 Å². The van der Waals surface area contributed by atoms with Gasteiger partial charge in [-0.15, -0.1) is 0 Å². The number of benzene rings is 4. The number of nitrogens with one attached hydrogen (secondary N) is 14. The fourth-order valence-electron chi connectivity index (χ4n) is 12.7. The minimum absolute atomic E-state index is 0.00206. The van der Waals surface area contributed by atoms with Crippen LogP contribution in [0, 0.1) is 23.7 Å². The fraction of sp³-hybridized carbons (Fsp3) is 0.475. The highest BCUT2D eigenvalue weighted by Crippen LogP contribution is 2.23. The molecule has 0 spiro atoms. The van der Waals surface area contributed by atoms with Gasteiger partial charge in [-0.2, -0.15) is 0 Å². The van der Waals surface area contributed by atoms with Gasteiger partial charge >= 0.3 is 0 Å². The lowest BCUT2D eigenvalue weighted by molar-refractivity contribution is -0.137. The standard InChI is InChI=1S/C80H112N18O15/c1-43(2)32-59(92-71(104)54(82)34-48-22-12-10-13-23-48)72(105)87-41-66(101)88-47(9)70(103)91-60(33-44(3)4)74(107)93-61(36-50-39-85-55-28-18-16-26-52(50)55)76(109)94-63(38-65(83)100)77(110)97-68(46(7)8)80(113)95-62(37-51-40-86-56-29-19-17-27-53(51)56)75(108)89-57(30-20-21-31-81)73(106)96-64(42-99)78(111)98-67(45(5)6)79(112)90-58(69(84)102)35-49-24-14-11-15-25-49/h10-19,22-29,39-40,43-47,54,57-64,67-68,85-86,99H,20-21,30-38,41-42,81-82H2,1-9H3,(H2,83,100)(H2,84,102)(H,87,105)(H,88,101)(H,89,108)(H,90,112)(H,91,103)(H,92,104)(H,93,107)(H,94,109)(H,95,113)(H,96,106)(H,97,110)(H,98,111)/t47-,54-,57-,58-,59-,60-,61-,62-,63-,64-,67-,68-/m0/s1. The molecule has 6 aromatic rings. The predicted octanol–water partition coefficient (Wildman–Crippen LogP) is -0.398.